The Morgan fingerprint density at radius 2 is 1.86 bits per heavy atom. The number of hydrogen-bond donors (Lipinski definition) is 1. The maximum Gasteiger partial charge on any atom is 0.251 e. The van der Waals surface area contributed by atoms with Crippen LogP contribution >= 0.6 is 0 Å². The second kappa shape index (κ2) is 6.02. The zero-order valence-electron chi connectivity index (χ0n) is 12.5. The minimum Gasteiger partial charge on any atom is -0.350 e. The third-order valence-electron chi connectivity index (χ3n) is 3.86. The molecule has 112 valence electrons. The van der Waals surface area contributed by atoms with Crippen LogP contribution in [0.3, 0.4) is 0 Å². The zero-order valence-corrected chi connectivity index (χ0v) is 12.5. The Labute approximate surface area is 129 Å². The molecule has 0 atom stereocenters. The van der Waals surface area contributed by atoms with Gasteiger partial charge in [0.05, 0.1) is 6.42 Å². The summed E-state index contributed by atoms with van der Waals surface area (Å²) in [6, 6.07) is 15.2. The Hall–Kier alpha value is -2.62. The summed E-state index contributed by atoms with van der Waals surface area (Å²) in [5.41, 5.74) is 3.77. The minimum atomic E-state index is -0.111. The fraction of sp³-hybridized carbons (Fsp3) is 0.222. The van der Waals surface area contributed by atoms with Crippen molar-refractivity contribution < 1.29 is 9.59 Å². The molecule has 0 saturated carbocycles. The number of nitrogens with zero attached hydrogens (tertiary/aromatic N) is 1. The van der Waals surface area contributed by atoms with E-state index in [1.54, 1.807) is 17.0 Å². The first-order valence-electron chi connectivity index (χ1n) is 7.38. The first kappa shape index (κ1) is 14.3. The van der Waals surface area contributed by atoms with Crippen molar-refractivity contribution in [2.24, 2.45) is 0 Å². The van der Waals surface area contributed by atoms with Crippen molar-refractivity contribution in [2.45, 2.75) is 13.3 Å². The van der Waals surface area contributed by atoms with E-state index < -0.39 is 0 Å². The second-order valence-electron chi connectivity index (χ2n) is 5.47. The van der Waals surface area contributed by atoms with Crippen molar-refractivity contribution in [3.8, 4) is 0 Å². The van der Waals surface area contributed by atoms with Crippen molar-refractivity contribution in [3.63, 3.8) is 0 Å². The van der Waals surface area contributed by atoms with Gasteiger partial charge in [0.15, 0.2) is 0 Å². The van der Waals surface area contributed by atoms with E-state index in [0.717, 1.165) is 16.8 Å². The molecule has 0 radical (unpaired) electrons. The standard InChI is InChI=1S/C18H18N2O2/c1-13-6-8-14(9-7-13)18(22)19-10-11-20-16-5-3-2-4-15(16)12-17(20)21/h2-9H,10-12H2,1H3,(H,19,22). The topological polar surface area (TPSA) is 49.4 Å². The molecule has 2 amide bonds. The van der Waals surface area contributed by atoms with Gasteiger partial charge in [-0.3, -0.25) is 9.59 Å². The van der Waals surface area contributed by atoms with E-state index >= 15 is 0 Å². The first-order chi connectivity index (χ1) is 10.6. The van der Waals surface area contributed by atoms with Crippen molar-refractivity contribution in [1.82, 2.24) is 5.32 Å². The Morgan fingerprint density at radius 1 is 1.14 bits per heavy atom. The number of hydrogen-bond acceptors (Lipinski definition) is 2. The fourth-order valence-electron chi connectivity index (χ4n) is 2.65. The molecule has 1 N–H and O–H groups in total. The summed E-state index contributed by atoms with van der Waals surface area (Å²) < 4.78 is 0. The van der Waals surface area contributed by atoms with Crippen LogP contribution in [-0.2, 0) is 11.2 Å². The van der Waals surface area contributed by atoms with Crippen LogP contribution in [0.25, 0.3) is 0 Å². The van der Waals surface area contributed by atoms with Crippen LogP contribution in [0.1, 0.15) is 21.5 Å². The summed E-state index contributed by atoms with van der Waals surface area (Å²) in [7, 11) is 0. The Kier molecular flexibility index (Phi) is 3.92. The Bertz CT molecular complexity index is 707. The highest BCUT2D eigenvalue weighted by Crippen LogP contribution is 2.27. The molecule has 2 aromatic carbocycles. The lowest BCUT2D eigenvalue weighted by Gasteiger charge is -2.17. The summed E-state index contributed by atoms with van der Waals surface area (Å²) in [5.74, 6) is -0.0225. The number of para-hydroxylation sites is 1. The quantitative estimate of drug-likeness (QED) is 0.940. The molecule has 0 fully saturated rings. The molecule has 0 bridgehead atoms. The molecular formula is C18H18N2O2. The van der Waals surface area contributed by atoms with Crippen molar-refractivity contribution in [3.05, 3.63) is 65.2 Å². The average Bonchev–Trinajstić information content (AvgIpc) is 2.84. The molecule has 1 aliphatic heterocycles. The van der Waals surface area contributed by atoms with E-state index in [2.05, 4.69) is 5.32 Å². The van der Waals surface area contributed by atoms with Crippen LogP contribution in [0.5, 0.6) is 0 Å². The molecule has 3 rings (SSSR count). The van der Waals surface area contributed by atoms with Crippen LogP contribution in [-0.4, -0.2) is 24.9 Å². The van der Waals surface area contributed by atoms with Gasteiger partial charge in [-0.2, -0.15) is 0 Å². The van der Waals surface area contributed by atoms with E-state index in [-0.39, 0.29) is 11.8 Å². The monoisotopic (exact) mass is 294 g/mol. The molecule has 4 nitrogen and oxygen atoms in total. The highest BCUT2D eigenvalue weighted by atomic mass is 16.2. The summed E-state index contributed by atoms with van der Waals surface area (Å²) in [6.45, 7) is 2.92. The number of amides is 2. The van der Waals surface area contributed by atoms with Gasteiger partial charge < -0.3 is 10.2 Å². The molecule has 2 aromatic rings. The summed E-state index contributed by atoms with van der Waals surface area (Å²) in [4.78, 5) is 25.8. The van der Waals surface area contributed by atoms with Crippen molar-refractivity contribution in [1.29, 1.82) is 0 Å². The first-order valence-corrected chi connectivity index (χ1v) is 7.38. The third kappa shape index (κ3) is 2.86. The van der Waals surface area contributed by atoms with Gasteiger partial charge in [0.25, 0.3) is 5.91 Å². The molecule has 1 heterocycles. The SMILES string of the molecule is Cc1ccc(C(=O)NCCN2C(=O)Cc3ccccc32)cc1. The smallest absolute Gasteiger partial charge is 0.251 e. The Morgan fingerprint density at radius 3 is 2.64 bits per heavy atom. The number of anilines is 1. The van der Waals surface area contributed by atoms with Gasteiger partial charge in [0, 0.05) is 24.3 Å². The van der Waals surface area contributed by atoms with E-state index in [0.29, 0.717) is 25.1 Å². The Balaban J connectivity index is 1.58. The maximum atomic E-state index is 12.0. The highest BCUT2D eigenvalue weighted by molar-refractivity contribution is 6.01. The molecule has 0 saturated heterocycles. The lowest BCUT2D eigenvalue weighted by Crippen LogP contribution is -2.36. The van der Waals surface area contributed by atoms with E-state index in [9.17, 15) is 9.59 Å². The third-order valence-corrected chi connectivity index (χ3v) is 3.86. The number of nitrogens with one attached hydrogen (secondary N) is 1. The van der Waals surface area contributed by atoms with Crippen LogP contribution < -0.4 is 10.2 Å². The maximum absolute atomic E-state index is 12.0. The van der Waals surface area contributed by atoms with Gasteiger partial charge in [0.2, 0.25) is 5.91 Å². The fourth-order valence-corrected chi connectivity index (χ4v) is 2.65. The number of carbonyl (C=O) groups is 2. The molecule has 0 spiro atoms. The molecule has 0 aromatic heterocycles. The molecule has 4 heteroatoms. The summed E-state index contributed by atoms with van der Waals surface area (Å²) in [5, 5.41) is 2.86. The average molecular weight is 294 g/mol. The second-order valence-corrected chi connectivity index (χ2v) is 5.47. The number of benzene rings is 2. The minimum absolute atomic E-state index is 0.0887. The largest absolute Gasteiger partial charge is 0.350 e. The molecule has 0 aliphatic carbocycles. The van der Waals surface area contributed by atoms with Gasteiger partial charge in [-0.05, 0) is 30.7 Å². The lowest BCUT2D eigenvalue weighted by molar-refractivity contribution is -0.117. The number of rotatable bonds is 4. The van der Waals surface area contributed by atoms with Crippen LogP contribution in [0.2, 0.25) is 0 Å². The summed E-state index contributed by atoms with van der Waals surface area (Å²) >= 11 is 0. The normalized spacial score (nSPS) is 13.1. The van der Waals surface area contributed by atoms with E-state index in [1.807, 2.05) is 43.3 Å². The molecule has 0 unspecified atom stereocenters. The zero-order chi connectivity index (χ0) is 15.5. The number of fused-ring (bicyclic) bond motifs is 1. The van der Waals surface area contributed by atoms with Crippen molar-refractivity contribution >= 4 is 17.5 Å². The predicted octanol–water partition coefficient (Wildman–Crippen LogP) is 2.31. The van der Waals surface area contributed by atoms with Crippen molar-refractivity contribution in [2.75, 3.05) is 18.0 Å². The molecular weight excluding hydrogens is 276 g/mol. The van der Waals surface area contributed by atoms with E-state index in [1.165, 1.54) is 0 Å². The van der Waals surface area contributed by atoms with Crippen LogP contribution in [0.15, 0.2) is 48.5 Å². The molecule has 22 heavy (non-hydrogen) atoms. The molecule has 1 aliphatic rings. The number of aryl methyl sites for hydroxylation is 1. The van der Waals surface area contributed by atoms with Gasteiger partial charge in [-0.1, -0.05) is 35.9 Å². The van der Waals surface area contributed by atoms with Gasteiger partial charge in [0.1, 0.15) is 0 Å². The predicted molar refractivity (Wildman–Crippen MR) is 86.0 cm³/mol. The van der Waals surface area contributed by atoms with Crippen LogP contribution in [0, 0.1) is 6.92 Å². The number of carbonyl (C=O) groups excluding carboxylic acids is 2. The van der Waals surface area contributed by atoms with Gasteiger partial charge >= 0.3 is 0 Å². The van der Waals surface area contributed by atoms with Gasteiger partial charge in [-0.25, -0.2) is 0 Å². The lowest BCUT2D eigenvalue weighted by atomic mass is 10.1. The highest BCUT2D eigenvalue weighted by Gasteiger charge is 2.26. The van der Waals surface area contributed by atoms with E-state index in [4.69, 9.17) is 0 Å². The van der Waals surface area contributed by atoms with Crippen LogP contribution in [0.4, 0.5) is 5.69 Å². The van der Waals surface area contributed by atoms with Gasteiger partial charge in [-0.15, -0.1) is 0 Å². The summed E-state index contributed by atoms with van der Waals surface area (Å²) in [6.07, 6.45) is 0.447.